The molecule has 0 fully saturated rings. The molecule has 0 aromatic heterocycles. The molecule has 0 spiro atoms. The Balaban J connectivity index is 0.00000162. The van der Waals surface area contributed by atoms with E-state index < -0.39 is 0 Å². The number of nitrogens with zero attached hydrogens (tertiary/aromatic N) is 1. The van der Waals surface area contributed by atoms with Gasteiger partial charge in [0.15, 0.2) is 6.34 Å². The fourth-order valence-corrected chi connectivity index (χ4v) is 2.32. The molecular formula is C15H21ClN2. The molecule has 1 heterocycles. The van der Waals surface area contributed by atoms with Crippen LogP contribution in [0.3, 0.4) is 0 Å². The number of hydrogen-bond acceptors (Lipinski definition) is 1. The molecule has 1 aromatic carbocycles. The quantitative estimate of drug-likeness (QED) is 0.790. The summed E-state index contributed by atoms with van der Waals surface area (Å²) in [5.41, 5.74) is 4.23. The van der Waals surface area contributed by atoms with Crippen LogP contribution in [-0.4, -0.2) is 6.34 Å². The normalized spacial score (nSPS) is 17.6. The zero-order chi connectivity index (χ0) is 12.4. The van der Waals surface area contributed by atoms with Crippen LogP contribution in [0.15, 0.2) is 35.6 Å². The number of hydrogen-bond donors (Lipinski definition) is 1. The molecule has 0 amide bonds. The first-order chi connectivity index (χ1) is 8.11. The summed E-state index contributed by atoms with van der Waals surface area (Å²) in [4.78, 5) is 5.45. The largest absolute Gasteiger partial charge is 1.00 e. The van der Waals surface area contributed by atoms with Crippen molar-refractivity contribution in [2.24, 2.45) is 4.99 Å². The van der Waals surface area contributed by atoms with E-state index in [1.54, 1.807) is 0 Å². The summed E-state index contributed by atoms with van der Waals surface area (Å²) < 4.78 is 0. The van der Waals surface area contributed by atoms with Gasteiger partial charge in [0.25, 0.3) is 0 Å². The third kappa shape index (κ3) is 2.82. The lowest BCUT2D eigenvalue weighted by Gasteiger charge is -2.19. The first-order valence-electron chi connectivity index (χ1n) is 6.31. The summed E-state index contributed by atoms with van der Waals surface area (Å²) in [6.07, 6.45) is 5.94. The summed E-state index contributed by atoms with van der Waals surface area (Å²) in [7, 11) is 0. The fraction of sp³-hybridized carbons (Fsp3) is 0.400. The van der Waals surface area contributed by atoms with Crippen LogP contribution in [-0.2, 0) is 0 Å². The van der Waals surface area contributed by atoms with Crippen molar-refractivity contribution in [3.63, 3.8) is 0 Å². The summed E-state index contributed by atoms with van der Waals surface area (Å²) in [6.45, 7) is 9.00. The van der Waals surface area contributed by atoms with Gasteiger partial charge in [0.1, 0.15) is 11.9 Å². The van der Waals surface area contributed by atoms with Crippen LogP contribution < -0.4 is 17.3 Å². The first-order valence-corrected chi connectivity index (χ1v) is 6.31. The number of aliphatic imine (C=N–C) groups is 1. The van der Waals surface area contributed by atoms with Gasteiger partial charge in [0.05, 0.1) is 6.20 Å². The molecule has 0 radical (unpaired) electrons. The van der Waals surface area contributed by atoms with E-state index in [4.69, 9.17) is 0 Å². The van der Waals surface area contributed by atoms with E-state index in [0.29, 0.717) is 11.8 Å². The Morgan fingerprint density at radius 2 is 1.56 bits per heavy atom. The van der Waals surface area contributed by atoms with Crippen LogP contribution in [0.2, 0.25) is 0 Å². The minimum atomic E-state index is 0. The van der Waals surface area contributed by atoms with E-state index in [1.807, 2.05) is 12.5 Å². The van der Waals surface area contributed by atoms with E-state index in [2.05, 4.69) is 57.1 Å². The molecule has 0 saturated heterocycles. The Hall–Kier alpha value is -1.12. The molecule has 1 N–H and O–H groups in total. The van der Waals surface area contributed by atoms with E-state index in [1.165, 1.54) is 21.7 Å². The standard InChI is InChI=1S/C15H20N2.ClH/c1-11(2)13-6-5-7-14(12(3)4)15(13)17-9-8-16-10-17;/h5-12H,1-4H3;1H. The highest BCUT2D eigenvalue weighted by Crippen LogP contribution is 2.29. The molecule has 1 aliphatic rings. The second-order valence-corrected chi connectivity index (χ2v) is 5.17. The topological polar surface area (TPSA) is 16.8 Å². The van der Waals surface area contributed by atoms with Gasteiger partial charge < -0.3 is 12.4 Å². The van der Waals surface area contributed by atoms with Crippen molar-refractivity contribution in [3.8, 4) is 0 Å². The van der Waals surface area contributed by atoms with Crippen LogP contribution >= 0.6 is 0 Å². The van der Waals surface area contributed by atoms with Crippen molar-refractivity contribution in [3.05, 3.63) is 41.7 Å². The highest BCUT2D eigenvalue weighted by Gasteiger charge is 2.22. The maximum atomic E-state index is 4.20. The lowest BCUT2D eigenvalue weighted by atomic mass is 9.92. The number of para-hydroxylation sites is 1. The maximum Gasteiger partial charge on any atom is 0.198 e. The molecule has 1 aliphatic heterocycles. The minimum Gasteiger partial charge on any atom is -1.00 e. The number of nitrogens with one attached hydrogen (secondary N) is 1. The van der Waals surface area contributed by atoms with Crippen molar-refractivity contribution in [1.29, 1.82) is 0 Å². The van der Waals surface area contributed by atoms with Gasteiger partial charge in [-0.25, -0.2) is 9.89 Å². The predicted molar refractivity (Wildman–Crippen MR) is 72.9 cm³/mol. The molecular weight excluding hydrogens is 244 g/mol. The van der Waals surface area contributed by atoms with Crippen LogP contribution in [0, 0.1) is 0 Å². The lowest BCUT2D eigenvalue weighted by molar-refractivity contribution is -0.655. The highest BCUT2D eigenvalue weighted by atomic mass is 35.5. The van der Waals surface area contributed by atoms with Gasteiger partial charge in [-0.05, 0) is 11.8 Å². The molecule has 2 rings (SSSR count). The van der Waals surface area contributed by atoms with Crippen LogP contribution in [0.5, 0.6) is 0 Å². The second-order valence-electron chi connectivity index (χ2n) is 5.17. The van der Waals surface area contributed by atoms with Crippen LogP contribution in [0.4, 0.5) is 5.69 Å². The Bertz CT molecular complexity index is 423. The zero-order valence-electron chi connectivity index (χ0n) is 11.4. The van der Waals surface area contributed by atoms with Crippen molar-refractivity contribution in [2.45, 2.75) is 39.5 Å². The Morgan fingerprint density at radius 1 is 1.00 bits per heavy atom. The number of rotatable bonds is 3. The van der Waals surface area contributed by atoms with Crippen molar-refractivity contribution in [1.82, 2.24) is 0 Å². The Labute approximate surface area is 116 Å². The van der Waals surface area contributed by atoms with Crippen molar-refractivity contribution < 1.29 is 17.3 Å². The first kappa shape index (κ1) is 14.9. The van der Waals surface area contributed by atoms with Gasteiger partial charge in [-0.3, -0.25) is 0 Å². The van der Waals surface area contributed by atoms with E-state index in [0.717, 1.165) is 0 Å². The monoisotopic (exact) mass is 264 g/mol. The van der Waals surface area contributed by atoms with E-state index >= 15 is 0 Å². The van der Waals surface area contributed by atoms with Crippen molar-refractivity contribution in [2.75, 3.05) is 0 Å². The Kier molecular flexibility index (Phi) is 5.12. The van der Waals surface area contributed by atoms with Gasteiger partial charge in [0.2, 0.25) is 0 Å². The molecule has 1 aromatic rings. The van der Waals surface area contributed by atoms with Gasteiger partial charge in [0, 0.05) is 11.1 Å². The van der Waals surface area contributed by atoms with Gasteiger partial charge in [-0.2, -0.15) is 0 Å². The third-order valence-corrected chi connectivity index (χ3v) is 3.22. The summed E-state index contributed by atoms with van der Waals surface area (Å²) in [6, 6.07) is 6.64. The second kappa shape index (κ2) is 6.17. The van der Waals surface area contributed by atoms with Gasteiger partial charge in [-0.15, -0.1) is 0 Å². The SMILES string of the molecule is CC(C)c1cccc(C(C)C)c1[NH+]1C=CN=C1.[Cl-]. The van der Waals surface area contributed by atoms with Gasteiger partial charge in [-0.1, -0.05) is 45.9 Å². The average Bonchev–Trinajstić information content (AvgIpc) is 2.80. The molecule has 0 saturated carbocycles. The van der Waals surface area contributed by atoms with E-state index in [-0.39, 0.29) is 12.4 Å². The molecule has 1 atom stereocenters. The molecule has 3 heteroatoms. The average molecular weight is 265 g/mol. The molecule has 1 unspecified atom stereocenters. The van der Waals surface area contributed by atoms with Crippen LogP contribution in [0.1, 0.15) is 50.7 Å². The van der Waals surface area contributed by atoms with E-state index in [9.17, 15) is 0 Å². The molecule has 2 nitrogen and oxygen atoms in total. The fourth-order valence-electron chi connectivity index (χ4n) is 2.32. The number of benzene rings is 1. The molecule has 0 bridgehead atoms. The zero-order valence-corrected chi connectivity index (χ0v) is 12.2. The van der Waals surface area contributed by atoms with Crippen LogP contribution in [0.25, 0.3) is 0 Å². The molecule has 0 aliphatic carbocycles. The highest BCUT2D eigenvalue weighted by molar-refractivity contribution is 5.60. The summed E-state index contributed by atoms with van der Waals surface area (Å²) in [5.74, 6) is 1.08. The maximum absolute atomic E-state index is 4.20. The number of halogens is 1. The molecule has 18 heavy (non-hydrogen) atoms. The van der Waals surface area contributed by atoms with Gasteiger partial charge >= 0.3 is 0 Å². The summed E-state index contributed by atoms with van der Waals surface area (Å²) in [5, 5.41) is 0. The Morgan fingerprint density at radius 3 is 1.94 bits per heavy atom. The minimum absolute atomic E-state index is 0. The smallest absolute Gasteiger partial charge is 0.198 e. The third-order valence-electron chi connectivity index (χ3n) is 3.22. The summed E-state index contributed by atoms with van der Waals surface area (Å²) >= 11 is 0. The lowest BCUT2D eigenvalue weighted by Crippen LogP contribution is -3.00. The molecule has 98 valence electrons. The number of quaternary nitrogens is 1. The predicted octanol–water partition coefficient (Wildman–Crippen LogP) is -0.0331. The van der Waals surface area contributed by atoms with Crippen molar-refractivity contribution >= 4 is 12.0 Å².